The lowest BCUT2D eigenvalue weighted by Crippen LogP contribution is -2.12. The highest BCUT2D eigenvalue weighted by Crippen LogP contribution is 2.29. The SMILES string of the molecule is COc1ccc(OC)c(NC(=O)c2ccc(-c3noc(C)n3)cc2)c1. The first-order valence-electron chi connectivity index (χ1n) is 7.55. The molecule has 0 saturated heterocycles. The number of hydrogen-bond donors (Lipinski definition) is 1. The van der Waals surface area contributed by atoms with E-state index in [9.17, 15) is 4.79 Å². The van der Waals surface area contributed by atoms with Gasteiger partial charge in [-0.1, -0.05) is 17.3 Å². The van der Waals surface area contributed by atoms with Crippen LogP contribution in [0.1, 0.15) is 16.2 Å². The summed E-state index contributed by atoms with van der Waals surface area (Å²) in [5, 5.41) is 6.68. The summed E-state index contributed by atoms with van der Waals surface area (Å²) in [7, 11) is 3.10. The number of rotatable bonds is 5. The van der Waals surface area contributed by atoms with Crippen LogP contribution in [-0.2, 0) is 0 Å². The van der Waals surface area contributed by atoms with Crippen molar-refractivity contribution in [2.45, 2.75) is 6.92 Å². The van der Waals surface area contributed by atoms with E-state index in [-0.39, 0.29) is 5.91 Å². The summed E-state index contributed by atoms with van der Waals surface area (Å²) in [5.41, 5.74) is 1.80. The minimum atomic E-state index is -0.262. The minimum absolute atomic E-state index is 0.262. The number of methoxy groups -OCH3 is 2. The third-order valence-electron chi connectivity index (χ3n) is 3.59. The molecule has 0 bridgehead atoms. The Balaban J connectivity index is 1.80. The normalized spacial score (nSPS) is 10.4. The van der Waals surface area contributed by atoms with E-state index in [1.165, 1.54) is 0 Å². The van der Waals surface area contributed by atoms with Gasteiger partial charge in [0, 0.05) is 24.1 Å². The van der Waals surface area contributed by atoms with Gasteiger partial charge in [-0.25, -0.2) is 0 Å². The van der Waals surface area contributed by atoms with E-state index in [2.05, 4.69) is 15.5 Å². The molecule has 1 aromatic heterocycles. The Morgan fingerprint density at radius 3 is 2.44 bits per heavy atom. The highest BCUT2D eigenvalue weighted by molar-refractivity contribution is 6.05. The van der Waals surface area contributed by atoms with Gasteiger partial charge >= 0.3 is 0 Å². The average Bonchev–Trinajstić information content (AvgIpc) is 3.08. The fourth-order valence-corrected chi connectivity index (χ4v) is 2.29. The summed E-state index contributed by atoms with van der Waals surface area (Å²) >= 11 is 0. The molecule has 25 heavy (non-hydrogen) atoms. The van der Waals surface area contributed by atoms with Gasteiger partial charge < -0.3 is 19.3 Å². The Kier molecular flexibility index (Phi) is 4.65. The fraction of sp³-hybridized carbons (Fsp3) is 0.167. The Morgan fingerprint density at radius 2 is 1.84 bits per heavy atom. The number of carbonyl (C=O) groups excluding carboxylic acids is 1. The molecule has 0 aliphatic rings. The van der Waals surface area contributed by atoms with Crippen molar-refractivity contribution < 1.29 is 18.8 Å². The molecule has 7 heteroatoms. The van der Waals surface area contributed by atoms with Crippen LogP contribution in [0.3, 0.4) is 0 Å². The zero-order chi connectivity index (χ0) is 17.8. The third-order valence-corrected chi connectivity index (χ3v) is 3.59. The maximum atomic E-state index is 12.5. The summed E-state index contributed by atoms with van der Waals surface area (Å²) in [4.78, 5) is 16.6. The second-order valence-corrected chi connectivity index (χ2v) is 5.23. The molecule has 2 aromatic carbocycles. The van der Waals surface area contributed by atoms with Crippen LogP contribution in [0.15, 0.2) is 47.0 Å². The lowest BCUT2D eigenvalue weighted by molar-refractivity contribution is 0.102. The zero-order valence-electron chi connectivity index (χ0n) is 14.1. The molecule has 0 aliphatic carbocycles. The van der Waals surface area contributed by atoms with Crippen molar-refractivity contribution in [3.63, 3.8) is 0 Å². The highest BCUT2D eigenvalue weighted by Gasteiger charge is 2.12. The van der Waals surface area contributed by atoms with E-state index < -0.39 is 0 Å². The smallest absolute Gasteiger partial charge is 0.255 e. The number of carbonyl (C=O) groups is 1. The van der Waals surface area contributed by atoms with Gasteiger partial charge in [0.1, 0.15) is 11.5 Å². The first kappa shape index (κ1) is 16.5. The van der Waals surface area contributed by atoms with Gasteiger partial charge in [0.2, 0.25) is 11.7 Å². The summed E-state index contributed by atoms with van der Waals surface area (Å²) in [6, 6.07) is 12.1. The fourth-order valence-electron chi connectivity index (χ4n) is 2.29. The van der Waals surface area contributed by atoms with Crippen molar-refractivity contribution in [1.29, 1.82) is 0 Å². The molecule has 7 nitrogen and oxygen atoms in total. The average molecular weight is 339 g/mol. The van der Waals surface area contributed by atoms with E-state index in [0.717, 1.165) is 5.56 Å². The molecule has 0 spiro atoms. The summed E-state index contributed by atoms with van der Waals surface area (Å²) in [6.45, 7) is 1.72. The number of aryl methyl sites for hydroxylation is 1. The van der Waals surface area contributed by atoms with E-state index in [4.69, 9.17) is 14.0 Å². The largest absolute Gasteiger partial charge is 0.497 e. The number of anilines is 1. The Morgan fingerprint density at radius 1 is 1.08 bits per heavy atom. The van der Waals surface area contributed by atoms with Gasteiger partial charge in [0.25, 0.3) is 5.91 Å². The lowest BCUT2D eigenvalue weighted by atomic mass is 10.1. The number of hydrogen-bond acceptors (Lipinski definition) is 6. The molecule has 0 atom stereocenters. The molecule has 1 N–H and O–H groups in total. The van der Waals surface area contributed by atoms with E-state index in [0.29, 0.717) is 34.5 Å². The van der Waals surface area contributed by atoms with Gasteiger partial charge in [-0.15, -0.1) is 0 Å². The highest BCUT2D eigenvalue weighted by atomic mass is 16.5. The summed E-state index contributed by atoms with van der Waals surface area (Å²) in [5.74, 6) is 1.88. The van der Waals surface area contributed by atoms with Crippen LogP contribution in [0.5, 0.6) is 11.5 Å². The predicted octanol–water partition coefficient (Wildman–Crippen LogP) is 3.31. The van der Waals surface area contributed by atoms with Crippen molar-refractivity contribution in [3.8, 4) is 22.9 Å². The molecule has 3 aromatic rings. The number of ether oxygens (including phenoxy) is 2. The lowest BCUT2D eigenvalue weighted by Gasteiger charge is -2.12. The van der Waals surface area contributed by atoms with E-state index in [1.54, 1.807) is 63.6 Å². The van der Waals surface area contributed by atoms with Crippen LogP contribution >= 0.6 is 0 Å². The second-order valence-electron chi connectivity index (χ2n) is 5.23. The van der Waals surface area contributed by atoms with Gasteiger partial charge in [-0.3, -0.25) is 4.79 Å². The maximum Gasteiger partial charge on any atom is 0.255 e. The van der Waals surface area contributed by atoms with Gasteiger partial charge in [0.05, 0.1) is 19.9 Å². The molecule has 0 saturated carbocycles. The second kappa shape index (κ2) is 7.04. The number of aromatic nitrogens is 2. The van der Waals surface area contributed by atoms with Crippen LogP contribution in [0.4, 0.5) is 5.69 Å². The van der Waals surface area contributed by atoms with E-state index in [1.807, 2.05) is 0 Å². The molecular weight excluding hydrogens is 322 g/mol. The molecule has 0 unspecified atom stereocenters. The summed E-state index contributed by atoms with van der Waals surface area (Å²) < 4.78 is 15.4. The molecule has 0 aliphatic heterocycles. The molecular formula is C18H17N3O4. The van der Waals surface area contributed by atoms with Gasteiger partial charge in [0.15, 0.2) is 0 Å². The molecule has 0 radical (unpaired) electrons. The Bertz CT molecular complexity index is 888. The molecule has 128 valence electrons. The van der Waals surface area contributed by atoms with Crippen molar-refractivity contribution in [1.82, 2.24) is 10.1 Å². The standard InChI is InChI=1S/C18H17N3O4/c1-11-19-17(21-25-11)12-4-6-13(7-5-12)18(22)20-15-10-14(23-2)8-9-16(15)24-3/h4-10H,1-3H3,(H,20,22). The molecule has 0 fully saturated rings. The summed E-state index contributed by atoms with van der Waals surface area (Å²) in [6.07, 6.45) is 0. The number of benzene rings is 2. The van der Waals surface area contributed by atoms with Crippen LogP contribution < -0.4 is 14.8 Å². The maximum absolute atomic E-state index is 12.5. The zero-order valence-corrected chi connectivity index (χ0v) is 14.1. The number of nitrogens with zero attached hydrogens (tertiary/aromatic N) is 2. The predicted molar refractivity (Wildman–Crippen MR) is 92.0 cm³/mol. The minimum Gasteiger partial charge on any atom is -0.497 e. The van der Waals surface area contributed by atoms with Crippen LogP contribution in [0, 0.1) is 6.92 Å². The Labute approximate surface area is 144 Å². The van der Waals surface area contributed by atoms with Crippen LogP contribution in [-0.4, -0.2) is 30.3 Å². The van der Waals surface area contributed by atoms with Crippen molar-refractivity contribution in [2.24, 2.45) is 0 Å². The van der Waals surface area contributed by atoms with Crippen molar-refractivity contribution >= 4 is 11.6 Å². The van der Waals surface area contributed by atoms with E-state index >= 15 is 0 Å². The van der Waals surface area contributed by atoms with Crippen LogP contribution in [0.25, 0.3) is 11.4 Å². The molecule has 1 heterocycles. The van der Waals surface area contributed by atoms with Crippen molar-refractivity contribution in [2.75, 3.05) is 19.5 Å². The monoisotopic (exact) mass is 339 g/mol. The third kappa shape index (κ3) is 3.60. The van der Waals surface area contributed by atoms with Crippen LogP contribution in [0.2, 0.25) is 0 Å². The van der Waals surface area contributed by atoms with Gasteiger partial charge in [-0.05, 0) is 24.3 Å². The van der Waals surface area contributed by atoms with Crippen molar-refractivity contribution in [3.05, 3.63) is 53.9 Å². The Hall–Kier alpha value is -3.35. The topological polar surface area (TPSA) is 86.5 Å². The first-order valence-corrected chi connectivity index (χ1v) is 7.55. The number of nitrogens with one attached hydrogen (secondary N) is 1. The first-order chi connectivity index (χ1) is 12.1. The molecule has 3 rings (SSSR count). The number of amides is 1. The van der Waals surface area contributed by atoms with Gasteiger partial charge in [-0.2, -0.15) is 4.98 Å². The quantitative estimate of drug-likeness (QED) is 0.767. The molecule has 1 amide bonds.